The molecule has 2 rings (SSSR count). The SMILES string of the molecule is CCOc1c(F)cccc1C(=O)NC1CCCCC1O. The fourth-order valence-corrected chi connectivity index (χ4v) is 2.50. The van der Waals surface area contributed by atoms with Crippen molar-refractivity contribution in [2.24, 2.45) is 0 Å². The highest BCUT2D eigenvalue weighted by atomic mass is 19.1. The van der Waals surface area contributed by atoms with Crippen molar-refractivity contribution in [3.05, 3.63) is 29.6 Å². The smallest absolute Gasteiger partial charge is 0.255 e. The quantitative estimate of drug-likeness (QED) is 0.890. The number of ether oxygens (including phenoxy) is 1. The monoisotopic (exact) mass is 281 g/mol. The van der Waals surface area contributed by atoms with Crippen LogP contribution in [0.5, 0.6) is 5.75 Å². The second-order valence-corrected chi connectivity index (χ2v) is 4.98. The highest BCUT2D eigenvalue weighted by molar-refractivity contribution is 5.97. The number of aliphatic hydroxyl groups is 1. The van der Waals surface area contributed by atoms with E-state index < -0.39 is 17.8 Å². The van der Waals surface area contributed by atoms with Gasteiger partial charge < -0.3 is 15.2 Å². The molecule has 1 saturated carbocycles. The zero-order chi connectivity index (χ0) is 14.5. The molecule has 0 spiro atoms. The zero-order valence-electron chi connectivity index (χ0n) is 11.6. The van der Waals surface area contributed by atoms with Gasteiger partial charge in [0.15, 0.2) is 11.6 Å². The third-order valence-electron chi connectivity index (χ3n) is 3.55. The molecule has 20 heavy (non-hydrogen) atoms. The molecule has 5 heteroatoms. The number of para-hydroxylation sites is 1. The summed E-state index contributed by atoms with van der Waals surface area (Å²) in [5, 5.41) is 12.6. The maximum atomic E-state index is 13.7. The zero-order valence-corrected chi connectivity index (χ0v) is 11.6. The number of halogens is 1. The molecule has 0 bridgehead atoms. The summed E-state index contributed by atoms with van der Waals surface area (Å²) in [6, 6.07) is 3.99. The molecule has 0 aliphatic heterocycles. The van der Waals surface area contributed by atoms with Gasteiger partial charge in [-0.2, -0.15) is 0 Å². The summed E-state index contributed by atoms with van der Waals surface area (Å²) in [4.78, 5) is 12.2. The summed E-state index contributed by atoms with van der Waals surface area (Å²) < 4.78 is 18.9. The van der Waals surface area contributed by atoms with Gasteiger partial charge in [-0.05, 0) is 31.9 Å². The van der Waals surface area contributed by atoms with Gasteiger partial charge in [-0.25, -0.2) is 4.39 Å². The molecular weight excluding hydrogens is 261 g/mol. The van der Waals surface area contributed by atoms with E-state index in [1.165, 1.54) is 18.2 Å². The average Bonchev–Trinajstić information content (AvgIpc) is 2.43. The maximum Gasteiger partial charge on any atom is 0.255 e. The van der Waals surface area contributed by atoms with Crippen molar-refractivity contribution in [1.82, 2.24) is 5.32 Å². The van der Waals surface area contributed by atoms with Crippen molar-refractivity contribution in [2.75, 3.05) is 6.61 Å². The molecule has 1 aliphatic carbocycles. The highest BCUT2D eigenvalue weighted by Gasteiger charge is 2.26. The van der Waals surface area contributed by atoms with Crippen molar-refractivity contribution in [1.29, 1.82) is 0 Å². The fraction of sp³-hybridized carbons (Fsp3) is 0.533. The van der Waals surface area contributed by atoms with Crippen molar-refractivity contribution >= 4 is 5.91 Å². The Labute approximate surface area is 117 Å². The van der Waals surface area contributed by atoms with Crippen LogP contribution in [-0.2, 0) is 0 Å². The van der Waals surface area contributed by atoms with Gasteiger partial charge >= 0.3 is 0 Å². The predicted octanol–water partition coefficient (Wildman–Crippen LogP) is 2.26. The number of benzene rings is 1. The van der Waals surface area contributed by atoms with Gasteiger partial charge in [0, 0.05) is 0 Å². The lowest BCUT2D eigenvalue weighted by molar-refractivity contribution is 0.0714. The van der Waals surface area contributed by atoms with Crippen LogP contribution in [0.2, 0.25) is 0 Å². The Kier molecular flexibility index (Phi) is 4.95. The van der Waals surface area contributed by atoms with Crippen LogP contribution >= 0.6 is 0 Å². The first kappa shape index (κ1) is 14.8. The molecule has 1 amide bonds. The average molecular weight is 281 g/mol. The molecule has 1 aliphatic rings. The number of carbonyl (C=O) groups excluding carboxylic acids is 1. The predicted molar refractivity (Wildman–Crippen MR) is 73.3 cm³/mol. The van der Waals surface area contributed by atoms with Gasteiger partial charge in [-0.1, -0.05) is 18.9 Å². The number of rotatable bonds is 4. The maximum absolute atomic E-state index is 13.7. The first-order valence-electron chi connectivity index (χ1n) is 7.03. The number of aliphatic hydroxyl groups excluding tert-OH is 1. The third kappa shape index (κ3) is 3.28. The van der Waals surface area contributed by atoms with Crippen LogP contribution in [0.15, 0.2) is 18.2 Å². The Morgan fingerprint density at radius 3 is 2.90 bits per heavy atom. The minimum Gasteiger partial charge on any atom is -0.490 e. The molecule has 2 unspecified atom stereocenters. The van der Waals surface area contributed by atoms with Crippen molar-refractivity contribution in [2.45, 2.75) is 44.8 Å². The molecule has 1 aromatic carbocycles. The number of carbonyl (C=O) groups is 1. The lowest BCUT2D eigenvalue weighted by Gasteiger charge is -2.28. The van der Waals surface area contributed by atoms with Gasteiger partial charge in [-0.15, -0.1) is 0 Å². The van der Waals surface area contributed by atoms with E-state index in [4.69, 9.17) is 4.74 Å². The van der Waals surface area contributed by atoms with Crippen molar-refractivity contribution in [3.8, 4) is 5.75 Å². The Balaban J connectivity index is 2.14. The Morgan fingerprint density at radius 1 is 1.45 bits per heavy atom. The molecule has 1 fully saturated rings. The van der Waals surface area contributed by atoms with E-state index in [0.717, 1.165) is 19.3 Å². The van der Waals surface area contributed by atoms with E-state index in [0.29, 0.717) is 6.42 Å². The lowest BCUT2D eigenvalue weighted by Crippen LogP contribution is -2.45. The van der Waals surface area contributed by atoms with Crippen LogP contribution in [0, 0.1) is 5.82 Å². The Hall–Kier alpha value is -1.62. The number of amides is 1. The molecule has 2 N–H and O–H groups in total. The fourth-order valence-electron chi connectivity index (χ4n) is 2.50. The van der Waals surface area contributed by atoms with E-state index >= 15 is 0 Å². The molecule has 4 nitrogen and oxygen atoms in total. The summed E-state index contributed by atoms with van der Waals surface area (Å²) >= 11 is 0. The first-order valence-corrected chi connectivity index (χ1v) is 7.03. The van der Waals surface area contributed by atoms with Gasteiger partial charge in [0.05, 0.1) is 24.3 Å². The van der Waals surface area contributed by atoms with E-state index in [-0.39, 0.29) is 24.0 Å². The summed E-state index contributed by atoms with van der Waals surface area (Å²) in [6.45, 7) is 2.02. The van der Waals surface area contributed by atoms with E-state index in [9.17, 15) is 14.3 Å². The van der Waals surface area contributed by atoms with Crippen LogP contribution in [-0.4, -0.2) is 29.8 Å². The largest absolute Gasteiger partial charge is 0.490 e. The van der Waals surface area contributed by atoms with Gasteiger partial charge in [0.2, 0.25) is 0 Å². The molecular formula is C15H20FNO3. The second kappa shape index (κ2) is 6.70. The second-order valence-electron chi connectivity index (χ2n) is 4.98. The molecule has 2 atom stereocenters. The Morgan fingerprint density at radius 2 is 2.20 bits per heavy atom. The molecule has 0 heterocycles. The normalized spacial score (nSPS) is 22.4. The van der Waals surface area contributed by atoms with Crippen LogP contribution in [0.3, 0.4) is 0 Å². The van der Waals surface area contributed by atoms with Gasteiger partial charge in [-0.3, -0.25) is 4.79 Å². The van der Waals surface area contributed by atoms with Crippen molar-refractivity contribution < 1.29 is 19.0 Å². The molecule has 1 aromatic rings. The summed E-state index contributed by atoms with van der Waals surface area (Å²) in [5.74, 6) is -0.986. The molecule has 0 saturated heterocycles. The summed E-state index contributed by atoms with van der Waals surface area (Å²) in [5.41, 5.74) is 0.171. The highest BCUT2D eigenvalue weighted by Crippen LogP contribution is 2.24. The van der Waals surface area contributed by atoms with Crippen LogP contribution in [0.4, 0.5) is 4.39 Å². The molecule has 0 aromatic heterocycles. The van der Waals surface area contributed by atoms with Crippen LogP contribution in [0.25, 0.3) is 0 Å². The summed E-state index contributed by atoms with van der Waals surface area (Å²) in [6.07, 6.45) is 2.84. The number of nitrogens with one attached hydrogen (secondary N) is 1. The molecule has 0 radical (unpaired) electrons. The van der Waals surface area contributed by atoms with Crippen LogP contribution in [0.1, 0.15) is 43.0 Å². The van der Waals surface area contributed by atoms with Gasteiger partial charge in [0.25, 0.3) is 5.91 Å². The lowest BCUT2D eigenvalue weighted by atomic mass is 9.92. The number of hydrogen-bond donors (Lipinski definition) is 2. The van der Waals surface area contributed by atoms with E-state index in [1.807, 2.05) is 0 Å². The van der Waals surface area contributed by atoms with E-state index in [2.05, 4.69) is 5.32 Å². The summed E-state index contributed by atoms with van der Waals surface area (Å²) in [7, 11) is 0. The standard InChI is InChI=1S/C15H20FNO3/c1-2-20-14-10(6-5-7-11(14)16)15(19)17-12-8-3-4-9-13(12)18/h5-7,12-13,18H,2-4,8-9H2,1H3,(H,17,19). The van der Waals surface area contributed by atoms with Crippen molar-refractivity contribution in [3.63, 3.8) is 0 Å². The number of hydrogen-bond acceptors (Lipinski definition) is 3. The van der Waals surface area contributed by atoms with Gasteiger partial charge in [0.1, 0.15) is 0 Å². The minimum absolute atomic E-state index is 0.0298. The Bertz CT molecular complexity index is 478. The van der Waals surface area contributed by atoms with E-state index in [1.54, 1.807) is 6.92 Å². The third-order valence-corrected chi connectivity index (χ3v) is 3.55. The topological polar surface area (TPSA) is 58.6 Å². The minimum atomic E-state index is -0.552. The van der Waals surface area contributed by atoms with Crippen LogP contribution < -0.4 is 10.1 Å². The molecule has 110 valence electrons. The first-order chi connectivity index (χ1) is 9.63.